The van der Waals surface area contributed by atoms with Crippen LogP contribution in [-0.4, -0.2) is 41.1 Å². The molecule has 1 aliphatic rings. The number of likely N-dealkylation sites (tertiary alicyclic amines) is 1. The number of Topliss-reactive ketones (excluding diaryl/α,β-unsaturated/α-hetero) is 1. The second-order valence-corrected chi connectivity index (χ2v) is 9.04. The maximum Gasteiger partial charge on any atom is 0.293 e. The fraction of sp³-hybridized carbons (Fsp3) is 0.440. The molecule has 7 nitrogen and oxygen atoms in total. The van der Waals surface area contributed by atoms with Crippen LogP contribution in [0.15, 0.2) is 42.5 Å². The molecule has 1 heterocycles. The van der Waals surface area contributed by atoms with E-state index in [-0.39, 0.29) is 35.5 Å². The van der Waals surface area contributed by atoms with Crippen LogP contribution in [0, 0.1) is 28.9 Å². The average molecular weight is 438 g/mol. The van der Waals surface area contributed by atoms with E-state index in [1.54, 1.807) is 19.1 Å². The molecule has 0 aliphatic carbocycles. The summed E-state index contributed by atoms with van der Waals surface area (Å²) < 4.78 is 0. The van der Waals surface area contributed by atoms with Crippen LogP contribution in [0.2, 0.25) is 0 Å². The highest BCUT2D eigenvalue weighted by molar-refractivity contribution is 5.98. The fourth-order valence-electron chi connectivity index (χ4n) is 4.16. The topological polar surface area (TPSA) is 92.6 Å². The Labute approximate surface area is 189 Å². The van der Waals surface area contributed by atoms with Gasteiger partial charge in [-0.05, 0) is 62.4 Å². The quantitative estimate of drug-likeness (QED) is 0.369. The molecule has 0 saturated carbocycles. The molecular weight excluding hydrogens is 406 g/mol. The highest BCUT2D eigenvalue weighted by Crippen LogP contribution is 2.26. The SMILES string of the molecule is Cc1ccc(NC(=O)CN2CCC(C(=O)c3ccc(CC(C)C)cc3)CC2)c([N+](=O)[O-])c1. The number of anilines is 1. The number of nitro benzene ring substituents is 1. The van der Waals surface area contributed by atoms with Crippen LogP contribution in [0.4, 0.5) is 11.4 Å². The number of rotatable bonds is 8. The van der Waals surface area contributed by atoms with Crippen molar-refractivity contribution in [2.45, 2.75) is 40.0 Å². The van der Waals surface area contributed by atoms with Crippen molar-refractivity contribution in [2.75, 3.05) is 25.0 Å². The van der Waals surface area contributed by atoms with Gasteiger partial charge in [-0.2, -0.15) is 0 Å². The van der Waals surface area contributed by atoms with Gasteiger partial charge in [-0.3, -0.25) is 24.6 Å². The fourth-order valence-corrected chi connectivity index (χ4v) is 4.16. The minimum absolute atomic E-state index is 0.0385. The zero-order valence-electron chi connectivity index (χ0n) is 19.0. The molecule has 0 bridgehead atoms. The van der Waals surface area contributed by atoms with Crippen molar-refractivity contribution in [1.29, 1.82) is 0 Å². The van der Waals surface area contributed by atoms with E-state index in [2.05, 4.69) is 19.2 Å². The third kappa shape index (κ3) is 6.23. The largest absolute Gasteiger partial charge is 0.319 e. The molecule has 2 aromatic rings. The van der Waals surface area contributed by atoms with Gasteiger partial charge in [-0.25, -0.2) is 0 Å². The second kappa shape index (κ2) is 10.5. The molecule has 1 aliphatic heterocycles. The Kier molecular flexibility index (Phi) is 7.75. The summed E-state index contributed by atoms with van der Waals surface area (Å²) in [5.74, 6) is 0.418. The maximum absolute atomic E-state index is 12.9. The van der Waals surface area contributed by atoms with Gasteiger partial charge in [0.2, 0.25) is 5.91 Å². The third-order valence-corrected chi connectivity index (χ3v) is 5.83. The third-order valence-electron chi connectivity index (χ3n) is 5.83. The van der Waals surface area contributed by atoms with Crippen LogP contribution in [0.25, 0.3) is 0 Å². The summed E-state index contributed by atoms with van der Waals surface area (Å²) in [4.78, 5) is 38.1. The number of aryl methyl sites for hydroxylation is 1. The molecule has 170 valence electrons. The molecule has 2 aromatic carbocycles. The van der Waals surface area contributed by atoms with E-state index < -0.39 is 4.92 Å². The lowest BCUT2D eigenvalue weighted by Gasteiger charge is -2.30. The molecule has 1 amide bonds. The van der Waals surface area contributed by atoms with E-state index in [9.17, 15) is 19.7 Å². The first-order valence-electron chi connectivity index (χ1n) is 11.1. The predicted molar refractivity (Wildman–Crippen MR) is 125 cm³/mol. The van der Waals surface area contributed by atoms with Crippen molar-refractivity contribution in [3.8, 4) is 0 Å². The maximum atomic E-state index is 12.9. The number of nitrogens with one attached hydrogen (secondary N) is 1. The normalized spacial score (nSPS) is 15.0. The number of piperidine rings is 1. The molecule has 0 unspecified atom stereocenters. The minimum Gasteiger partial charge on any atom is -0.319 e. The number of hydrogen-bond acceptors (Lipinski definition) is 5. The molecule has 32 heavy (non-hydrogen) atoms. The van der Waals surface area contributed by atoms with Gasteiger partial charge in [0.05, 0.1) is 11.5 Å². The van der Waals surface area contributed by atoms with E-state index in [0.717, 1.165) is 17.5 Å². The van der Waals surface area contributed by atoms with Gasteiger partial charge in [-0.15, -0.1) is 0 Å². The summed E-state index contributed by atoms with van der Waals surface area (Å²) in [6.07, 6.45) is 2.40. The van der Waals surface area contributed by atoms with Crippen molar-refractivity contribution < 1.29 is 14.5 Å². The Balaban J connectivity index is 1.51. The number of benzene rings is 2. The monoisotopic (exact) mass is 437 g/mol. The molecule has 3 rings (SSSR count). The highest BCUT2D eigenvalue weighted by atomic mass is 16.6. The first kappa shape index (κ1) is 23.6. The van der Waals surface area contributed by atoms with Gasteiger partial charge in [0.1, 0.15) is 5.69 Å². The Morgan fingerprint density at radius 3 is 2.38 bits per heavy atom. The second-order valence-electron chi connectivity index (χ2n) is 9.04. The Morgan fingerprint density at radius 1 is 1.12 bits per heavy atom. The molecule has 7 heteroatoms. The van der Waals surface area contributed by atoms with Crippen molar-refractivity contribution in [1.82, 2.24) is 4.90 Å². The lowest BCUT2D eigenvalue weighted by atomic mass is 9.88. The number of nitro groups is 1. The zero-order chi connectivity index (χ0) is 23.3. The van der Waals surface area contributed by atoms with Crippen molar-refractivity contribution >= 4 is 23.1 Å². The molecule has 0 spiro atoms. The predicted octanol–water partition coefficient (Wildman–Crippen LogP) is 4.64. The Hall–Kier alpha value is -3.06. The molecule has 0 atom stereocenters. The Bertz CT molecular complexity index is 977. The first-order chi connectivity index (χ1) is 15.2. The molecule has 0 aromatic heterocycles. The summed E-state index contributed by atoms with van der Waals surface area (Å²) in [7, 11) is 0. The molecular formula is C25H31N3O4. The highest BCUT2D eigenvalue weighted by Gasteiger charge is 2.27. The van der Waals surface area contributed by atoms with Crippen molar-refractivity contribution in [3.05, 3.63) is 69.3 Å². The number of carbonyl (C=O) groups excluding carboxylic acids is 2. The molecule has 0 radical (unpaired) electrons. The molecule has 1 fully saturated rings. The Morgan fingerprint density at radius 2 is 1.78 bits per heavy atom. The summed E-state index contributed by atoms with van der Waals surface area (Å²) in [6.45, 7) is 7.56. The number of hydrogen-bond donors (Lipinski definition) is 1. The summed E-state index contributed by atoms with van der Waals surface area (Å²) in [5, 5.41) is 13.9. The van der Waals surface area contributed by atoms with Crippen LogP contribution < -0.4 is 5.32 Å². The van der Waals surface area contributed by atoms with E-state index in [0.29, 0.717) is 31.8 Å². The molecule has 1 N–H and O–H groups in total. The van der Waals surface area contributed by atoms with E-state index in [1.807, 2.05) is 29.2 Å². The summed E-state index contributed by atoms with van der Waals surface area (Å²) >= 11 is 0. The van der Waals surface area contributed by atoms with Crippen LogP contribution in [0.1, 0.15) is 48.2 Å². The van der Waals surface area contributed by atoms with Gasteiger partial charge >= 0.3 is 0 Å². The lowest BCUT2D eigenvalue weighted by molar-refractivity contribution is -0.384. The van der Waals surface area contributed by atoms with Crippen molar-refractivity contribution in [3.63, 3.8) is 0 Å². The average Bonchev–Trinajstić information content (AvgIpc) is 2.75. The van der Waals surface area contributed by atoms with Crippen molar-refractivity contribution in [2.24, 2.45) is 11.8 Å². The summed E-state index contributed by atoms with van der Waals surface area (Å²) in [5.41, 5.74) is 2.85. The smallest absolute Gasteiger partial charge is 0.293 e. The number of carbonyl (C=O) groups is 2. The lowest BCUT2D eigenvalue weighted by Crippen LogP contribution is -2.40. The zero-order valence-corrected chi connectivity index (χ0v) is 19.0. The molecule has 1 saturated heterocycles. The minimum atomic E-state index is -0.491. The van der Waals surface area contributed by atoms with Gasteiger partial charge in [0.15, 0.2) is 5.78 Å². The van der Waals surface area contributed by atoms with E-state index in [1.165, 1.54) is 11.6 Å². The van der Waals surface area contributed by atoms with Crippen LogP contribution in [0.5, 0.6) is 0 Å². The van der Waals surface area contributed by atoms with E-state index in [4.69, 9.17) is 0 Å². The van der Waals surface area contributed by atoms with Crippen LogP contribution in [-0.2, 0) is 11.2 Å². The van der Waals surface area contributed by atoms with Gasteiger partial charge in [0, 0.05) is 17.5 Å². The number of nitrogens with zero attached hydrogens (tertiary/aromatic N) is 2. The number of ketones is 1. The van der Waals surface area contributed by atoms with Gasteiger partial charge in [-0.1, -0.05) is 44.2 Å². The van der Waals surface area contributed by atoms with Gasteiger partial charge in [0.25, 0.3) is 5.69 Å². The number of amides is 1. The summed E-state index contributed by atoms with van der Waals surface area (Å²) in [6, 6.07) is 12.7. The standard InChI is InChI=1S/C25H31N3O4/c1-17(2)14-19-5-7-20(8-6-19)25(30)21-10-12-27(13-11-21)16-24(29)26-22-9-4-18(3)15-23(22)28(31)32/h4-9,15,17,21H,10-14,16H2,1-3H3,(H,26,29). The van der Waals surface area contributed by atoms with Crippen LogP contribution >= 0.6 is 0 Å². The van der Waals surface area contributed by atoms with Gasteiger partial charge < -0.3 is 5.32 Å². The first-order valence-corrected chi connectivity index (χ1v) is 11.1. The van der Waals surface area contributed by atoms with Crippen LogP contribution in [0.3, 0.4) is 0 Å². The van der Waals surface area contributed by atoms with E-state index >= 15 is 0 Å².